The third-order valence-electron chi connectivity index (χ3n) is 3.69. The van der Waals surface area contributed by atoms with Crippen LogP contribution >= 0.6 is 0 Å². The van der Waals surface area contributed by atoms with Crippen molar-refractivity contribution in [3.8, 4) is 0 Å². The predicted molar refractivity (Wildman–Crippen MR) is 93.6 cm³/mol. The SMILES string of the molecule is C[C@@H](O)[C@H](NC(=O)[C@H](CC(=O)O)NC(=O)[C@@H](N)Cc1ccccc1)C(=O)O. The highest BCUT2D eigenvalue weighted by atomic mass is 16.4. The molecule has 0 heterocycles. The minimum Gasteiger partial charge on any atom is -0.481 e. The van der Waals surface area contributed by atoms with E-state index in [0.717, 1.165) is 12.5 Å². The van der Waals surface area contributed by atoms with Gasteiger partial charge in [0, 0.05) is 0 Å². The van der Waals surface area contributed by atoms with Crippen LogP contribution in [-0.2, 0) is 25.6 Å². The zero-order valence-electron chi connectivity index (χ0n) is 14.7. The van der Waals surface area contributed by atoms with E-state index in [4.69, 9.17) is 15.9 Å². The number of hydrogen-bond acceptors (Lipinski definition) is 6. The van der Waals surface area contributed by atoms with E-state index < -0.39 is 54.4 Å². The van der Waals surface area contributed by atoms with Crippen molar-refractivity contribution in [3.63, 3.8) is 0 Å². The number of aliphatic carboxylic acids is 2. The van der Waals surface area contributed by atoms with E-state index in [2.05, 4.69) is 5.32 Å². The van der Waals surface area contributed by atoms with Crippen LogP contribution < -0.4 is 16.4 Å². The highest BCUT2D eigenvalue weighted by Gasteiger charge is 2.31. The maximum absolute atomic E-state index is 12.2. The summed E-state index contributed by atoms with van der Waals surface area (Å²) < 4.78 is 0. The fourth-order valence-corrected chi connectivity index (χ4v) is 2.27. The first-order valence-electron chi connectivity index (χ1n) is 8.14. The Morgan fingerprint density at radius 2 is 1.63 bits per heavy atom. The molecule has 1 aromatic rings. The maximum atomic E-state index is 12.2. The number of nitrogens with two attached hydrogens (primary N) is 1. The third-order valence-corrected chi connectivity index (χ3v) is 3.69. The van der Waals surface area contributed by atoms with Crippen molar-refractivity contribution in [2.24, 2.45) is 5.73 Å². The number of benzene rings is 1. The van der Waals surface area contributed by atoms with Crippen LogP contribution in [-0.4, -0.2) is 63.3 Å². The Bertz CT molecular complexity index is 678. The molecule has 0 radical (unpaired) electrons. The monoisotopic (exact) mass is 381 g/mol. The summed E-state index contributed by atoms with van der Waals surface area (Å²) in [6.07, 6.45) is -2.03. The number of hydrogen-bond donors (Lipinski definition) is 6. The fraction of sp³-hybridized carbons (Fsp3) is 0.412. The molecule has 10 nitrogen and oxygen atoms in total. The average molecular weight is 381 g/mol. The number of carboxylic acids is 2. The van der Waals surface area contributed by atoms with Crippen LogP contribution in [0.4, 0.5) is 0 Å². The van der Waals surface area contributed by atoms with Crippen LogP contribution in [0.5, 0.6) is 0 Å². The normalized spacial score (nSPS) is 15.1. The summed E-state index contributed by atoms with van der Waals surface area (Å²) >= 11 is 0. The molecular weight excluding hydrogens is 358 g/mol. The number of nitrogens with one attached hydrogen (secondary N) is 2. The Kier molecular flexibility index (Phi) is 8.36. The fourth-order valence-electron chi connectivity index (χ4n) is 2.27. The molecule has 10 heteroatoms. The summed E-state index contributed by atoms with van der Waals surface area (Å²) in [5.74, 6) is -4.69. The van der Waals surface area contributed by atoms with E-state index in [-0.39, 0.29) is 6.42 Å². The van der Waals surface area contributed by atoms with Crippen molar-refractivity contribution >= 4 is 23.8 Å². The van der Waals surface area contributed by atoms with Gasteiger partial charge in [0.1, 0.15) is 6.04 Å². The van der Waals surface area contributed by atoms with Crippen molar-refractivity contribution in [2.75, 3.05) is 0 Å². The Morgan fingerprint density at radius 1 is 1.04 bits per heavy atom. The molecule has 7 N–H and O–H groups in total. The molecule has 2 amide bonds. The van der Waals surface area contributed by atoms with Crippen molar-refractivity contribution < 1.29 is 34.5 Å². The molecule has 0 bridgehead atoms. The van der Waals surface area contributed by atoms with Gasteiger partial charge in [0.25, 0.3) is 0 Å². The molecule has 0 aliphatic rings. The van der Waals surface area contributed by atoms with Crippen LogP contribution in [0.1, 0.15) is 18.9 Å². The first-order valence-corrected chi connectivity index (χ1v) is 8.14. The third kappa shape index (κ3) is 7.42. The Balaban J connectivity index is 2.80. The molecule has 0 aromatic heterocycles. The lowest BCUT2D eigenvalue weighted by molar-refractivity contribution is -0.145. The second-order valence-electron chi connectivity index (χ2n) is 6.02. The smallest absolute Gasteiger partial charge is 0.328 e. The van der Waals surface area contributed by atoms with Gasteiger partial charge in [0.2, 0.25) is 11.8 Å². The molecule has 27 heavy (non-hydrogen) atoms. The highest BCUT2D eigenvalue weighted by molar-refractivity contribution is 5.94. The molecule has 0 saturated heterocycles. The quantitative estimate of drug-likeness (QED) is 0.282. The lowest BCUT2D eigenvalue weighted by atomic mass is 10.0. The van der Waals surface area contributed by atoms with Crippen molar-refractivity contribution in [1.82, 2.24) is 10.6 Å². The number of aliphatic hydroxyl groups excluding tert-OH is 1. The van der Waals surface area contributed by atoms with Crippen molar-refractivity contribution in [3.05, 3.63) is 35.9 Å². The lowest BCUT2D eigenvalue weighted by Gasteiger charge is -2.23. The van der Waals surface area contributed by atoms with E-state index in [9.17, 15) is 24.3 Å². The minimum absolute atomic E-state index is 0.166. The van der Waals surface area contributed by atoms with Gasteiger partial charge in [0.05, 0.1) is 18.6 Å². The zero-order chi connectivity index (χ0) is 20.6. The molecule has 0 aliphatic carbocycles. The van der Waals surface area contributed by atoms with Crippen molar-refractivity contribution in [2.45, 2.75) is 44.0 Å². The van der Waals surface area contributed by atoms with E-state index in [1.165, 1.54) is 0 Å². The number of rotatable bonds is 10. The van der Waals surface area contributed by atoms with Crippen LogP contribution in [0.3, 0.4) is 0 Å². The van der Waals surface area contributed by atoms with Gasteiger partial charge in [-0.3, -0.25) is 14.4 Å². The molecular formula is C17H23N3O7. The number of carboxylic acid groups (broad SMARTS) is 2. The Hall–Kier alpha value is -2.98. The molecule has 0 aliphatic heterocycles. The van der Waals surface area contributed by atoms with Crippen LogP contribution in [0, 0.1) is 0 Å². The maximum Gasteiger partial charge on any atom is 0.328 e. The van der Waals surface area contributed by atoms with Gasteiger partial charge < -0.3 is 31.7 Å². The summed E-state index contributed by atoms with van der Waals surface area (Å²) in [5, 5.41) is 31.6. The van der Waals surface area contributed by atoms with Gasteiger partial charge in [0.15, 0.2) is 6.04 Å². The number of amides is 2. The number of carbonyl (C=O) groups excluding carboxylic acids is 2. The van der Waals surface area contributed by atoms with Gasteiger partial charge in [-0.2, -0.15) is 0 Å². The Labute approximate surface area is 155 Å². The van der Waals surface area contributed by atoms with Gasteiger partial charge >= 0.3 is 11.9 Å². The van der Waals surface area contributed by atoms with Crippen LogP contribution in [0.15, 0.2) is 30.3 Å². The molecule has 1 rings (SSSR count). The average Bonchev–Trinajstić information content (AvgIpc) is 2.58. The Morgan fingerprint density at radius 3 is 2.11 bits per heavy atom. The summed E-state index contributed by atoms with van der Waals surface area (Å²) in [6.45, 7) is 1.15. The largest absolute Gasteiger partial charge is 0.481 e. The van der Waals surface area contributed by atoms with E-state index in [1.807, 2.05) is 5.32 Å². The van der Waals surface area contributed by atoms with Crippen LogP contribution in [0.2, 0.25) is 0 Å². The molecule has 1 aromatic carbocycles. The first kappa shape index (κ1) is 22.1. The second kappa shape index (κ2) is 10.2. The number of carbonyl (C=O) groups is 4. The molecule has 0 fully saturated rings. The van der Waals surface area contributed by atoms with Gasteiger partial charge in [-0.1, -0.05) is 30.3 Å². The molecule has 148 valence electrons. The standard InChI is InChI=1S/C17H23N3O7/c1-9(21)14(17(26)27)20-16(25)12(8-13(22)23)19-15(24)11(18)7-10-5-3-2-4-6-10/h2-6,9,11-12,14,21H,7-8,18H2,1H3,(H,19,24)(H,20,25)(H,22,23)(H,26,27)/t9-,11+,12+,14+/m1/s1. The topological polar surface area (TPSA) is 179 Å². The zero-order valence-corrected chi connectivity index (χ0v) is 14.7. The molecule has 4 atom stereocenters. The minimum atomic E-state index is -1.65. The molecule has 0 saturated carbocycles. The first-order chi connectivity index (χ1) is 12.6. The van der Waals surface area contributed by atoms with Gasteiger partial charge in [-0.15, -0.1) is 0 Å². The van der Waals surface area contributed by atoms with E-state index in [0.29, 0.717) is 0 Å². The summed E-state index contributed by atoms with van der Waals surface area (Å²) in [5.41, 5.74) is 6.58. The van der Waals surface area contributed by atoms with Crippen molar-refractivity contribution in [1.29, 1.82) is 0 Å². The van der Waals surface area contributed by atoms with Crippen LogP contribution in [0.25, 0.3) is 0 Å². The lowest BCUT2D eigenvalue weighted by Crippen LogP contribution is -2.57. The van der Waals surface area contributed by atoms with E-state index >= 15 is 0 Å². The highest BCUT2D eigenvalue weighted by Crippen LogP contribution is 2.04. The molecule has 0 unspecified atom stereocenters. The summed E-state index contributed by atoms with van der Waals surface area (Å²) in [4.78, 5) is 46.5. The summed E-state index contributed by atoms with van der Waals surface area (Å²) in [7, 11) is 0. The summed E-state index contributed by atoms with van der Waals surface area (Å²) in [6, 6.07) is 4.61. The predicted octanol–water partition coefficient (Wildman–Crippen LogP) is -1.53. The molecule has 0 spiro atoms. The van der Waals surface area contributed by atoms with Gasteiger partial charge in [-0.25, -0.2) is 4.79 Å². The number of aliphatic hydroxyl groups is 1. The van der Waals surface area contributed by atoms with Gasteiger partial charge in [-0.05, 0) is 18.9 Å². The second-order valence-corrected chi connectivity index (χ2v) is 6.02. The van der Waals surface area contributed by atoms with E-state index in [1.54, 1.807) is 30.3 Å².